The predicted molar refractivity (Wildman–Crippen MR) is 103 cm³/mol. The first-order valence-corrected chi connectivity index (χ1v) is 11.1. The van der Waals surface area contributed by atoms with Gasteiger partial charge in [0.25, 0.3) is 0 Å². The smallest absolute Gasteiger partial charge is 0.317 e. The largest absolute Gasteiger partial charge is 0.456 e. The molecule has 1 aromatic rings. The fraction of sp³-hybridized carbons (Fsp3) is 0.636. The molecule has 2 saturated heterocycles. The van der Waals surface area contributed by atoms with E-state index >= 15 is 0 Å². The van der Waals surface area contributed by atoms with Crippen LogP contribution >= 0.6 is 15.9 Å². The topological polar surface area (TPSA) is 52.6 Å². The number of benzene rings is 1. The van der Waals surface area contributed by atoms with Crippen LogP contribution in [0.15, 0.2) is 28.7 Å². The Hall–Kier alpha value is -1.36. The number of hydrogen-bond donors (Lipinski definition) is 0. The van der Waals surface area contributed by atoms with Crippen LogP contribution in [0.25, 0.3) is 0 Å². The van der Waals surface area contributed by atoms with E-state index in [0.29, 0.717) is 0 Å². The van der Waals surface area contributed by atoms with E-state index in [1.165, 1.54) is 0 Å². The summed E-state index contributed by atoms with van der Waals surface area (Å²) in [5, 5.41) is 0. The second-order valence-corrected chi connectivity index (χ2v) is 9.69. The van der Waals surface area contributed by atoms with Crippen LogP contribution in [-0.2, 0) is 24.7 Å². The van der Waals surface area contributed by atoms with Crippen molar-refractivity contribution in [3.8, 4) is 0 Å². The summed E-state index contributed by atoms with van der Waals surface area (Å²) < 4.78 is 13.5. The molecule has 2 atom stereocenters. The lowest BCUT2D eigenvalue weighted by Crippen LogP contribution is -2.52. The molecule has 2 aliphatic carbocycles. The third kappa shape index (κ3) is 2.15. The molecular formula is C22H25BrO4. The molecule has 2 saturated carbocycles. The van der Waals surface area contributed by atoms with Gasteiger partial charge in [-0.25, -0.2) is 0 Å². The van der Waals surface area contributed by atoms with Crippen molar-refractivity contribution in [1.82, 2.24) is 0 Å². The number of hydrogen-bond acceptors (Lipinski definition) is 4. The Balaban J connectivity index is 1.72. The minimum Gasteiger partial charge on any atom is -0.456 e. The maximum absolute atomic E-state index is 13.3. The number of carbonyl (C=O) groups excluding carboxylic acids is 2. The highest BCUT2D eigenvalue weighted by atomic mass is 79.9. The molecule has 0 N–H and O–H groups in total. The lowest BCUT2D eigenvalue weighted by molar-refractivity contribution is -0.173. The van der Waals surface area contributed by atoms with Gasteiger partial charge in [-0.05, 0) is 37.8 Å². The van der Waals surface area contributed by atoms with Gasteiger partial charge in [-0.3, -0.25) is 9.59 Å². The Kier molecular flexibility index (Phi) is 3.98. The summed E-state index contributed by atoms with van der Waals surface area (Å²) in [4.78, 5) is 26.6. The molecule has 27 heavy (non-hydrogen) atoms. The summed E-state index contributed by atoms with van der Waals surface area (Å²) in [6, 6.07) is 7.95. The van der Waals surface area contributed by atoms with Crippen molar-refractivity contribution in [3.05, 3.63) is 34.3 Å². The fourth-order valence-electron chi connectivity index (χ4n) is 6.28. The van der Waals surface area contributed by atoms with Gasteiger partial charge in [-0.15, -0.1) is 0 Å². The van der Waals surface area contributed by atoms with Gasteiger partial charge in [0.2, 0.25) is 0 Å². The molecule has 5 heteroatoms. The monoisotopic (exact) mass is 432 g/mol. The number of rotatable bonds is 1. The van der Waals surface area contributed by atoms with Gasteiger partial charge < -0.3 is 9.47 Å². The van der Waals surface area contributed by atoms with Crippen molar-refractivity contribution in [2.24, 2.45) is 10.8 Å². The molecule has 0 amide bonds. The van der Waals surface area contributed by atoms with E-state index in [1.54, 1.807) is 0 Å². The van der Waals surface area contributed by atoms with Gasteiger partial charge >= 0.3 is 11.9 Å². The fourth-order valence-corrected chi connectivity index (χ4v) is 6.54. The Labute approximate surface area is 168 Å². The van der Waals surface area contributed by atoms with Crippen LogP contribution in [-0.4, -0.2) is 18.0 Å². The molecule has 2 aliphatic heterocycles. The van der Waals surface area contributed by atoms with E-state index in [0.717, 1.165) is 74.2 Å². The predicted octanol–water partition coefficient (Wildman–Crippen LogP) is 5.03. The first kappa shape index (κ1) is 17.7. The second-order valence-electron chi connectivity index (χ2n) is 8.78. The number of carbonyl (C=O) groups is 2. The summed E-state index contributed by atoms with van der Waals surface area (Å²) in [6.07, 6.45) is 8.69. The van der Waals surface area contributed by atoms with Gasteiger partial charge in [0.05, 0.1) is 0 Å². The number of esters is 2. The highest BCUT2D eigenvalue weighted by molar-refractivity contribution is 9.10. The van der Waals surface area contributed by atoms with E-state index in [1.807, 2.05) is 24.3 Å². The third-order valence-electron chi connectivity index (χ3n) is 7.58. The minimum absolute atomic E-state index is 0.146. The van der Waals surface area contributed by atoms with E-state index in [2.05, 4.69) is 15.9 Å². The first-order chi connectivity index (χ1) is 13.1. The van der Waals surface area contributed by atoms with E-state index in [9.17, 15) is 9.59 Å². The molecule has 1 aromatic carbocycles. The zero-order valence-corrected chi connectivity index (χ0v) is 17.1. The van der Waals surface area contributed by atoms with Crippen LogP contribution in [0.2, 0.25) is 0 Å². The molecule has 4 aliphatic rings. The zero-order chi connectivity index (χ0) is 18.7. The summed E-state index contributed by atoms with van der Waals surface area (Å²) in [7, 11) is 0. The molecule has 2 spiro atoms. The second kappa shape index (κ2) is 6.07. The molecule has 0 unspecified atom stereocenters. The maximum Gasteiger partial charge on any atom is 0.317 e. The van der Waals surface area contributed by atoms with Gasteiger partial charge in [-0.2, -0.15) is 0 Å². The van der Waals surface area contributed by atoms with Gasteiger partial charge in [0, 0.05) is 10.0 Å². The normalized spacial score (nSPS) is 33.7. The minimum atomic E-state index is -0.973. The standard InChI is InChI=1S/C22H25BrO4/c23-16-9-7-15(8-10-16)22-17(20(18(24)27-22)11-3-1-4-12-20)26-19(25)21(22)13-5-2-6-14-21/h7-10,17H,1-6,11-14H2/t17-,22+/m0/s1. The van der Waals surface area contributed by atoms with Crippen LogP contribution in [0.3, 0.4) is 0 Å². The summed E-state index contributed by atoms with van der Waals surface area (Å²) >= 11 is 3.50. The van der Waals surface area contributed by atoms with Crippen molar-refractivity contribution in [3.63, 3.8) is 0 Å². The zero-order valence-electron chi connectivity index (χ0n) is 15.5. The van der Waals surface area contributed by atoms with Crippen LogP contribution in [0.5, 0.6) is 0 Å². The third-order valence-corrected chi connectivity index (χ3v) is 8.11. The maximum atomic E-state index is 13.3. The molecule has 0 radical (unpaired) electrons. The van der Waals surface area contributed by atoms with E-state index in [-0.39, 0.29) is 11.9 Å². The molecule has 4 fully saturated rings. The molecule has 0 aromatic heterocycles. The van der Waals surface area contributed by atoms with E-state index < -0.39 is 22.5 Å². The van der Waals surface area contributed by atoms with Crippen LogP contribution in [0, 0.1) is 10.8 Å². The van der Waals surface area contributed by atoms with E-state index in [4.69, 9.17) is 9.47 Å². The van der Waals surface area contributed by atoms with Crippen molar-refractivity contribution < 1.29 is 19.1 Å². The lowest BCUT2D eigenvalue weighted by Gasteiger charge is -2.43. The van der Waals surface area contributed by atoms with Gasteiger partial charge in [0.15, 0.2) is 11.7 Å². The van der Waals surface area contributed by atoms with Crippen molar-refractivity contribution in [2.45, 2.75) is 75.9 Å². The average Bonchev–Trinajstić information content (AvgIpc) is 3.06. The summed E-state index contributed by atoms with van der Waals surface area (Å²) in [6.45, 7) is 0. The van der Waals surface area contributed by atoms with Crippen molar-refractivity contribution in [1.29, 1.82) is 0 Å². The van der Waals surface area contributed by atoms with Crippen molar-refractivity contribution >= 4 is 27.9 Å². The summed E-state index contributed by atoms with van der Waals surface area (Å²) in [5.74, 6) is -0.292. The highest BCUT2D eigenvalue weighted by Gasteiger charge is 2.80. The Morgan fingerprint density at radius 2 is 1.41 bits per heavy atom. The van der Waals surface area contributed by atoms with Gasteiger partial charge in [-0.1, -0.05) is 66.6 Å². The number of halogens is 1. The van der Waals surface area contributed by atoms with Crippen LogP contribution in [0.4, 0.5) is 0 Å². The number of fused-ring (bicyclic) bond motifs is 3. The number of ether oxygens (including phenoxy) is 2. The molecule has 2 heterocycles. The SMILES string of the molecule is O=C1O[C@]2(c3ccc(Br)cc3)[C@@H](OC(=O)C23CCCCC3)C12CCCCC2. The van der Waals surface area contributed by atoms with Crippen LogP contribution < -0.4 is 0 Å². The lowest BCUT2D eigenvalue weighted by atomic mass is 9.57. The molecular weight excluding hydrogens is 408 g/mol. The van der Waals surface area contributed by atoms with Gasteiger partial charge in [0.1, 0.15) is 10.8 Å². The molecule has 4 nitrogen and oxygen atoms in total. The first-order valence-electron chi connectivity index (χ1n) is 10.3. The molecule has 0 bridgehead atoms. The van der Waals surface area contributed by atoms with Crippen molar-refractivity contribution in [2.75, 3.05) is 0 Å². The quantitative estimate of drug-likeness (QED) is 0.584. The average molecular weight is 433 g/mol. The Bertz CT molecular complexity index is 772. The Morgan fingerprint density at radius 1 is 0.815 bits per heavy atom. The Morgan fingerprint density at radius 3 is 2.04 bits per heavy atom. The molecule has 5 rings (SSSR count). The van der Waals surface area contributed by atoms with Crippen LogP contribution in [0.1, 0.15) is 69.8 Å². The summed E-state index contributed by atoms with van der Waals surface area (Å²) in [5.41, 5.74) is -1.46. The highest BCUT2D eigenvalue weighted by Crippen LogP contribution is 2.68. The molecule has 144 valence electrons.